The van der Waals surface area contributed by atoms with E-state index in [4.69, 9.17) is 9.84 Å². The number of carboxylic acid groups (broad SMARTS) is 1. The van der Waals surface area contributed by atoms with Crippen LogP contribution in [0.25, 0.3) is 11.1 Å². The number of rotatable bonds is 8. The monoisotopic (exact) mass is 458 g/mol. The van der Waals surface area contributed by atoms with Crippen LogP contribution in [-0.2, 0) is 14.3 Å². The van der Waals surface area contributed by atoms with Crippen LogP contribution in [-0.4, -0.2) is 47.7 Å². The molecule has 1 unspecified atom stereocenters. The number of ether oxygens (including phenoxy) is 1. The lowest BCUT2D eigenvalue weighted by Gasteiger charge is -2.26. The maximum atomic E-state index is 13.1. The Morgan fingerprint density at radius 3 is 2.03 bits per heavy atom. The third-order valence-electron chi connectivity index (χ3n) is 6.01. The van der Waals surface area contributed by atoms with Crippen molar-refractivity contribution in [2.75, 3.05) is 19.7 Å². The first-order valence-electron chi connectivity index (χ1n) is 11.2. The standard InChI is InChI=1S/C27H26N2O5/c1-2-29(16-24(30)31)26(32)25(18-10-4-3-5-11-18)28-27(33)34-17-23-21-14-8-6-12-19(21)20-13-7-9-15-22(20)23/h3-15,23,25H,2,16-17H2,1H3,(H,28,33)(H,30,31). The quantitative estimate of drug-likeness (QED) is 0.528. The molecule has 1 aliphatic carbocycles. The molecule has 7 nitrogen and oxygen atoms in total. The second-order valence-corrected chi connectivity index (χ2v) is 8.06. The molecule has 0 saturated carbocycles. The van der Waals surface area contributed by atoms with E-state index in [9.17, 15) is 14.4 Å². The summed E-state index contributed by atoms with van der Waals surface area (Å²) < 4.78 is 5.60. The fourth-order valence-corrected chi connectivity index (χ4v) is 4.38. The SMILES string of the molecule is CCN(CC(=O)O)C(=O)C(NC(=O)OCC1c2ccccc2-c2ccccc21)c1ccccc1. The molecule has 1 aliphatic rings. The second-order valence-electron chi connectivity index (χ2n) is 8.06. The molecule has 3 aromatic rings. The van der Waals surface area contributed by atoms with Crippen LogP contribution < -0.4 is 5.32 Å². The van der Waals surface area contributed by atoms with E-state index in [1.807, 2.05) is 36.4 Å². The fourth-order valence-electron chi connectivity index (χ4n) is 4.38. The molecular weight excluding hydrogens is 432 g/mol. The number of benzene rings is 3. The Hall–Kier alpha value is -4.13. The van der Waals surface area contributed by atoms with Crippen LogP contribution in [0.1, 0.15) is 35.6 Å². The number of carbonyl (C=O) groups is 3. The summed E-state index contributed by atoms with van der Waals surface area (Å²) in [4.78, 5) is 38.3. The highest BCUT2D eigenvalue weighted by Crippen LogP contribution is 2.44. The van der Waals surface area contributed by atoms with Gasteiger partial charge in [-0.05, 0) is 34.7 Å². The van der Waals surface area contributed by atoms with Crippen molar-refractivity contribution in [1.82, 2.24) is 10.2 Å². The van der Waals surface area contributed by atoms with Crippen molar-refractivity contribution in [2.24, 2.45) is 0 Å². The zero-order valence-corrected chi connectivity index (χ0v) is 18.8. The lowest BCUT2D eigenvalue weighted by molar-refractivity contribution is -0.145. The number of likely N-dealkylation sites (N-methyl/N-ethyl adjacent to an activating group) is 1. The number of carbonyl (C=O) groups excluding carboxylic acids is 2. The van der Waals surface area contributed by atoms with Gasteiger partial charge in [0.05, 0.1) is 0 Å². The molecule has 174 valence electrons. The molecular formula is C27H26N2O5. The maximum Gasteiger partial charge on any atom is 0.408 e. The molecule has 0 heterocycles. The number of hydrogen-bond acceptors (Lipinski definition) is 4. The number of nitrogens with one attached hydrogen (secondary N) is 1. The molecule has 3 aromatic carbocycles. The molecule has 0 radical (unpaired) electrons. The Morgan fingerprint density at radius 2 is 1.47 bits per heavy atom. The van der Waals surface area contributed by atoms with Crippen LogP contribution in [0.2, 0.25) is 0 Å². The number of alkyl carbamates (subject to hydrolysis) is 1. The predicted molar refractivity (Wildman–Crippen MR) is 127 cm³/mol. The molecule has 0 saturated heterocycles. The first kappa shape index (κ1) is 23.0. The van der Waals surface area contributed by atoms with Gasteiger partial charge in [0.15, 0.2) is 0 Å². The Kier molecular flexibility index (Phi) is 6.92. The van der Waals surface area contributed by atoms with Crippen molar-refractivity contribution in [3.63, 3.8) is 0 Å². The maximum absolute atomic E-state index is 13.1. The van der Waals surface area contributed by atoms with Gasteiger partial charge in [0.1, 0.15) is 19.2 Å². The Balaban J connectivity index is 1.51. The summed E-state index contributed by atoms with van der Waals surface area (Å²) in [6.07, 6.45) is -0.740. The summed E-state index contributed by atoms with van der Waals surface area (Å²) >= 11 is 0. The lowest BCUT2D eigenvalue weighted by atomic mass is 9.98. The molecule has 2 N–H and O–H groups in total. The number of aliphatic carboxylic acids is 1. The molecule has 0 bridgehead atoms. The Labute approximate surface area is 198 Å². The molecule has 4 rings (SSSR count). The summed E-state index contributed by atoms with van der Waals surface area (Å²) in [6.45, 7) is 1.55. The van der Waals surface area contributed by atoms with Crippen molar-refractivity contribution >= 4 is 18.0 Å². The number of amides is 2. The number of nitrogens with zero attached hydrogens (tertiary/aromatic N) is 1. The zero-order valence-electron chi connectivity index (χ0n) is 18.8. The first-order chi connectivity index (χ1) is 16.5. The van der Waals surface area contributed by atoms with Gasteiger partial charge in [0.2, 0.25) is 5.91 Å². The van der Waals surface area contributed by atoms with Crippen molar-refractivity contribution in [2.45, 2.75) is 18.9 Å². The van der Waals surface area contributed by atoms with E-state index in [2.05, 4.69) is 17.4 Å². The van der Waals surface area contributed by atoms with Gasteiger partial charge in [0, 0.05) is 12.5 Å². The smallest absolute Gasteiger partial charge is 0.408 e. The first-order valence-corrected chi connectivity index (χ1v) is 11.2. The average Bonchev–Trinajstić information content (AvgIpc) is 3.18. The van der Waals surface area contributed by atoms with Gasteiger partial charge in [0.25, 0.3) is 0 Å². The predicted octanol–water partition coefficient (Wildman–Crippen LogP) is 4.20. The van der Waals surface area contributed by atoms with Crippen molar-refractivity contribution in [1.29, 1.82) is 0 Å². The molecule has 0 fully saturated rings. The average molecular weight is 459 g/mol. The van der Waals surface area contributed by atoms with E-state index in [0.717, 1.165) is 22.3 Å². The van der Waals surface area contributed by atoms with E-state index in [1.165, 1.54) is 4.90 Å². The van der Waals surface area contributed by atoms with Crippen LogP contribution in [0, 0.1) is 0 Å². The number of carboxylic acids is 1. The van der Waals surface area contributed by atoms with E-state index in [-0.39, 0.29) is 19.1 Å². The highest BCUT2D eigenvalue weighted by Gasteiger charge is 2.31. The van der Waals surface area contributed by atoms with E-state index < -0.39 is 30.6 Å². The van der Waals surface area contributed by atoms with Gasteiger partial charge >= 0.3 is 12.1 Å². The number of fused-ring (bicyclic) bond motifs is 3. The molecule has 0 aromatic heterocycles. The van der Waals surface area contributed by atoms with Crippen LogP contribution in [0.3, 0.4) is 0 Å². The molecule has 2 amide bonds. The van der Waals surface area contributed by atoms with Crippen molar-refractivity contribution in [3.8, 4) is 11.1 Å². The summed E-state index contributed by atoms with van der Waals surface area (Å²) in [5, 5.41) is 11.8. The van der Waals surface area contributed by atoms with Gasteiger partial charge in [-0.2, -0.15) is 0 Å². The van der Waals surface area contributed by atoms with E-state index >= 15 is 0 Å². The van der Waals surface area contributed by atoms with Gasteiger partial charge < -0.3 is 20.1 Å². The van der Waals surface area contributed by atoms with Gasteiger partial charge in [-0.25, -0.2) is 4.79 Å². The molecule has 0 aliphatic heterocycles. The normalized spacial score (nSPS) is 12.9. The summed E-state index contributed by atoms with van der Waals surface area (Å²) in [7, 11) is 0. The Morgan fingerprint density at radius 1 is 0.912 bits per heavy atom. The molecule has 0 spiro atoms. The van der Waals surface area contributed by atoms with Crippen LogP contribution in [0.5, 0.6) is 0 Å². The summed E-state index contributed by atoms with van der Waals surface area (Å²) in [6, 6.07) is 23.7. The van der Waals surface area contributed by atoms with Crippen LogP contribution in [0.15, 0.2) is 78.9 Å². The van der Waals surface area contributed by atoms with E-state index in [1.54, 1.807) is 37.3 Å². The third-order valence-corrected chi connectivity index (χ3v) is 6.01. The van der Waals surface area contributed by atoms with Crippen LogP contribution >= 0.6 is 0 Å². The van der Waals surface area contributed by atoms with Gasteiger partial charge in [-0.1, -0.05) is 78.9 Å². The summed E-state index contributed by atoms with van der Waals surface area (Å²) in [5.41, 5.74) is 4.97. The van der Waals surface area contributed by atoms with Crippen molar-refractivity contribution < 1.29 is 24.2 Å². The highest BCUT2D eigenvalue weighted by molar-refractivity contribution is 5.89. The number of hydrogen-bond donors (Lipinski definition) is 2. The Bertz CT molecular complexity index is 1150. The molecule has 7 heteroatoms. The van der Waals surface area contributed by atoms with Gasteiger partial charge in [-0.3, -0.25) is 9.59 Å². The zero-order chi connectivity index (χ0) is 24.1. The summed E-state index contributed by atoms with van der Waals surface area (Å²) in [5.74, 6) is -1.74. The van der Waals surface area contributed by atoms with Gasteiger partial charge in [-0.15, -0.1) is 0 Å². The second kappa shape index (κ2) is 10.2. The molecule has 34 heavy (non-hydrogen) atoms. The largest absolute Gasteiger partial charge is 0.480 e. The minimum absolute atomic E-state index is 0.108. The third kappa shape index (κ3) is 4.78. The van der Waals surface area contributed by atoms with Crippen LogP contribution in [0.4, 0.5) is 4.79 Å². The lowest BCUT2D eigenvalue weighted by Crippen LogP contribution is -2.45. The minimum Gasteiger partial charge on any atom is -0.480 e. The molecule has 1 atom stereocenters. The van der Waals surface area contributed by atoms with E-state index in [0.29, 0.717) is 5.56 Å². The minimum atomic E-state index is -1.12. The fraction of sp³-hybridized carbons (Fsp3) is 0.222. The topological polar surface area (TPSA) is 95.9 Å². The highest BCUT2D eigenvalue weighted by atomic mass is 16.5. The van der Waals surface area contributed by atoms with Crippen molar-refractivity contribution in [3.05, 3.63) is 95.6 Å².